The van der Waals surface area contributed by atoms with Gasteiger partial charge in [-0.05, 0) is 50.8 Å². The maximum atomic E-state index is 12.9. The minimum Gasteiger partial charge on any atom is -0.494 e. The molecule has 3 rings (SSSR count). The quantitative estimate of drug-likeness (QED) is 0.738. The molecule has 2 saturated heterocycles. The molecular weight excluding hydrogens is 346 g/mol. The van der Waals surface area contributed by atoms with E-state index >= 15 is 0 Å². The summed E-state index contributed by atoms with van der Waals surface area (Å²) in [5, 5.41) is 0. The molecule has 27 heavy (non-hydrogen) atoms. The lowest BCUT2D eigenvalue weighted by Gasteiger charge is -2.33. The van der Waals surface area contributed by atoms with Crippen molar-refractivity contribution in [2.75, 3.05) is 26.3 Å². The first-order valence-electron chi connectivity index (χ1n) is 9.81. The maximum absolute atomic E-state index is 12.9. The molecule has 3 atom stereocenters. The molecule has 0 radical (unpaired) electrons. The number of esters is 1. The van der Waals surface area contributed by atoms with Gasteiger partial charge >= 0.3 is 5.97 Å². The van der Waals surface area contributed by atoms with Crippen molar-refractivity contribution in [1.29, 1.82) is 0 Å². The second-order valence-electron chi connectivity index (χ2n) is 7.01. The van der Waals surface area contributed by atoms with Crippen LogP contribution in [-0.2, 0) is 14.3 Å². The summed E-state index contributed by atoms with van der Waals surface area (Å²) in [6.07, 6.45) is 2.29. The Balaban J connectivity index is 1.56. The zero-order chi connectivity index (χ0) is 19.2. The van der Waals surface area contributed by atoms with Crippen LogP contribution in [-0.4, -0.2) is 49.1 Å². The highest BCUT2D eigenvalue weighted by molar-refractivity contribution is 5.83. The molecule has 2 N–H and O–H groups in total. The van der Waals surface area contributed by atoms with Gasteiger partial charge < -0.3 is 14.4 Å². The van der Waals surface area contributed by atoms with Gasteiger partial charge in [-0.15, -0.1) is 0 Å². The van der Waals surface area contributed by atoms with Gasteiger partial charge in [-0.3, -0.25) is 9.59 Å². The van der Waals surface area contributed by atoms with E-state index in [0.717, 1.165) is 24.2 Å². The molecule has 0 bridgehead atoms. The number of rotatable bonds is 6. The van der Waals surface area contributed by atoms with Gasteiger partial charge in [0.1, 0.15) is 11.8 Å². The van der Waals surface area contributed by atoms with Gasteiger partial charge in [-0.25, -0.2) is 10.9 Å². The summed E-state index contributed by atoms with van der Waals surface area (Å²) in [5.41, 5.74) is 7.46. The Kier molecular flexibility index (Phi) is 6.68. The largest absolute Gasteiger partial charge is 0.494 e. The van der Waals surface area contributed by atoms with E-state index in [1.807, 2.05) is 31.2 Å². The molecule has 1 aromatic carbocycles. The van der Waals surface area contributed by atoms with Gasteiger partial charge in [-0.1, -0.05) is 12.1 Å². The third-order valence-corrected chi connectivity index (χ3v) is 5.15. The molecule has 7 nitrogen and oxygen atoms in total. The van der Waals surface area contributed by atoms with Crippen LogP contribution in [0.15, 0.2) is 24.3 Å². The Bertz CT molecular complexity index is 649. The molecule has 7 heteroatoms. The Morgan fingerprint density at radius 3 is 2.63 bits per heavy atom. The van der Waals surface area contributed by atoms with Crippen LogP contribution in [0.3, 0.4) is 0 Å². The van der Waals surface area contributed by atoms with Crippen LogP contribution in [0.25, 0.3) is 0 Å². The van der Waals surface area contributed by atoms with Gasteiger partial charge in [0.25, 0.3) is 0 Å². The lowest BCUT2D eigenvalue weighted by atomic mass is 9.96. The van der Waals surface area contributed by atoms with Crippen molar-refractivity contribution in [2.45, 2.75) is 45.2 Å². The van der Waals surface area contributed by atoms with Crippen LogP contribution >= 0.6 is 0 Å². The molecule has 0 aromatic heterocycles. The van der Waals surface area contributed by atoms with E-state index in [1.54, 1.807) is 11.8 Å². The molecule has 1 amide bonds. The van der Waals surface area contributed by atoms with E-state index in [4.69, 9.17) is 9.47 Å². The normalized spacial score (nSPS) is 25.3. The van der Waals surface area contributed by atoms with Gasteiger partial charge in [-0.2, -0.15) is 0 Å². The SMILES string of the molecule is CCOC(=O)C1CCCN(C(=O)C2CC(c3ccc(OCC)cc3)NN2)C1. The first-order chi connectivity index (χ1) is 13.1. The van der Waals surface area contributed by atoms with E-state index in [9.17, 15) is 9.59 Å². The lowest BCUT2D eigenvalue weighted by Crippen LogP contribution is -2.50. The average molecular weight is 375 g/mol. The number of ether oxygens (including phenoxy) is 2. The van der Waals surface area contributed by atoms with Gasteiger partial charge in [0, 0.05) is 19.1 Å². The summed E-state index contributed by atoms with van der Waals surface area (Å²) in [7, 11) is 0. The summed E-state index contributed by atoms with van der Waals surface area (Å²) >= 11 is 0. The maximum Gasteiger partial charge on any atom is 0.310 e. The smallest absolute Gasteiger partial charge is 0.310 e. The van der Waals surface area contributed by atoms with E-state index < -0.39 is 0 Å². The summed E-state index contributed by atoms with van der Waals surface area (Å²) < 4.78 is 10.6. The zero-order valence-electron chi connectivity index (χ0n) is 16.1. The molecule has 2 fully saturated rings. The molecule has 148 valence electrons. The molecule has 0 saturated carbocycles. The van der Waals surface area contributed by atoms with Crippen LogP contribution < -0.4 is 15.6 Å². The number of carbonyl (C=O) groups excluding carboxylic acids is 2. The van der Waals surface area contributed by atoms with E-state index in [-0.39, 0.29) is 29.9 Å². The number of likely N-dealkylation sites (tertiary alicyclic amines) is 1. The first kappa shape index (κ1) is 19.6. The predicted molar refractivity (Wildman–Crippen MR) is 101 cm³/mol. The number of piperidine rings is 1. The van der Waals surface area contributed by atoms with Crippen LogP contribution in [0.5, 0.6) is 5.75 Å². The highest BCUT2D eigenvalue weighted by Gasteiger charge is 2.36. The Labute approximate surface area is 160 Å². The van der Waals surface area contributed by atoms with Gasteiger partial charge in [0.2, 0.25) is 5.91 Å². The monoisotopic (exact) mass is 375 g/mol. The lowest BCUT2D eigenvalue weighted by molar-refractivity contribution is -0.151. The van der Waals surface area contributed by atoms with Crippen LogP contribution in [0, 0.1) is 5.92 Å². The van der Waals surface area contributed by atoms with Crippen LogP contribution in [0.1, 0.15) is 44.7 Å². The zero-order valence-corrected chi connectivity index (χ0v) is 16.1. The summed E-state index contributed by atoms with van der Waals surface area (Å²) in [5.74, 6) is 0.488. The molecular formula is C20H29N3O4. The van der Waals surface area contributed by atoms with Crippen molar-refractivity contribution in [1.82, 2.24) is 15.8 Å². The molecule has 2 heterocycles. The third kappa shape index (κ3) is 4.78. The standard InChI is InChI=1S/C20H29N3O4/c1-3-26-16-9-7-14(8-10-16)17-12-18(22-21-17)19(24)23-11-5-6-15(13-23)20(25)27-4-2/h7-10,15,17-18,21-22H,3-6,11-13H2,1-2H3. The summed E-state index contributed by atoms with van der Waals surface area (Å²) in [6, 6.07) is 7.72. The highest BCUT2D eigenvalue weighted by atomic mass is 16.5. The number of hydrogen-bond donors (Lipinski definition) is 2. The highest BCUT2D eigenvalue weighted by Crippen LogP contribution is 2.26. The number of nitrogens with zero attached hydrogens (tertiary/aromatic N) is 1. The van der Waals surface area contributed by atoms with Crippen molar-refractivity contribution >= 4 is 11.9 Å². The molecule has 2 aliphatic heterocycles. The fourth-order valence-corrected chi connectivity index (χ4v) is 3.75. The van der Waals surface area contributed by atoms with Crippen LogP contribution in [0.2, 0.25) is 0 Å². The number of carbonyl (C=O) groups is 2. The van der Waals surface area contributed by atoms with Crippen molar-refractivity contribution < 1.29 is 19.1 Å². The second kappa shape index (κ2) is 9.19. The number of nitrogens with one attached hydrogen (secondary N) is 2. The molecule has 0 aliphatic carbocycles. The van der Waals surface area contributed by atoms with Crippen molar-refractivity contribution in [2.24, 2.45) is 5.92 Å². The minimum absolute atomic E-state index is 0.0462. The fraction of sp³-hybridized carbons (Fsp3) is 0.600. The summed E-state index contributed by atoms with van der Waals surface area (Å²) in [4.78, 5) is 26.7. The van der Waals surface area contributed by atoms with Crippen molar-refractivity contribution in [3.63, 3.8) is 0 Å². The van der Waals surface area contributed by atoms with Crippen molar-refractivity contribution in [3.8, 4) is 5.75 Å². The Morgan fingerprint density at radius 2 is 1.93 bits per heavy atom. The number of amides is 1. The number of benzene rings is 1. The van der Waals surface area contributed by atoms with E-state index in [2.05, 4.69) is 10.9 Å². The number of hydrogen-bond acceptors (Lipinski definition) is 6. The number of hydrazine groups is 1. The molecule has 1 aromatic rings. The molecule has 2 aliphatic rings. The third-order valence-electron chi connectivity index (χ3n) is 5.15. The van der Waals surface area contributed by atoms with Crippen LogP contribution in [0.4, 0.5) is 0 Å². The van der Waals surface area contributed by atoms with E-state index in [1.165, 1.54) is 0 Å². The topological polar surface area (TPSA) is 79.9 Å². The molecule has 3 unspecified atom stereocenters. The van der Waals surface area contributed by atoms with E-state index in [0.29, 0.717) is 32.7 Å². The van der Waals surface area contributed by atoms with Gasteiger partial charge in [0.15, 0.2) is 0 Å². The van der Waals surface area contributed by atoms with Gasteiger partial charge in [0.05, 0.1) is 19.1 Å². The fourth-order valence-electron chi connectivity index (χ4n) is 3.75. The Morgan fingerprint density at radius 1 is 1.15 bits per heavy atom. The predicted octanol–water partition coefficient (Wildman–Crippen LogP) is 1.79. The Hall–Kier alpha value is -2.12. The van der Waals surface area contributed by atoms with Crippen molar-refractivity contribution in [3.05, 3.63) is 29.8 Å². The summed E-state index contributed by atoms with van der Waals surface area (Å²) in [6.45, 7) is 5.92. The first-order valence-corrected chi connectivity index (χ1v) is 9.81. The average Bonchev–Trinajstić information content (AvgIpc) is 3.19. The minimum atomic E-state index is -0.289. The molecule has 0 spiro atoms. The second-order valence-corrected chi connectivity index (χ2v) is 7.01.